The van der Waals surface area contributed by atoms with Gasteiger partial charge in [0.2, 0.25) is 5.95 Å². The van der Waals surface area contributed by atoms with Crippen LogP contribution in [0.4, 0.5) is 26.2 Å². The van der Waals surface area contributed by atoms with Crippen molar-refractivity contribution in [2.45, 2.75) is 20.4 Å². The van der Waals surface area contributed by atoms with E-state index < -0.39 is 11.6 Å². The number of halogens is 2. The van der Waals surface area contributed by atoms with Gasteiger partial charge in [-0.15, -0.1) is 0 Å². The lowest BCUT2D eigenvalue weighted by atomic mass is 10.2. The smallest absolute Gasteiger partial charge is 0.229 e. The first kappa shape index (κ1) is 17.8. The van der Waals surface area contributed by atoms with Gasteiger partial charge in [0, 0.05) is 36.6 Å². The maximum Gasteiger partial charge on any atom is 0.229 e. The number of aromatic nitrogens is 2. The summed E-state index contributed by atoms with van der Waals surface area (Å²) in [5.74, 6) is -0.685. The molecule has 134 valence electrons. The molecule has 4 nitrogen and oxygen atoms in total. The normalized spacial score (nSPS) is 10.6. The van der Waals surface area contributed by atoms with Crippen LogP contribution in [0.1, 0.15) is 18.2 Å². The quantitative estimate of drug-likeness (QED) is 0.688. The van der Waals surface area contributed by atoms with E-state index in [1.165, 1.54) is 11.6 Å². The van der Waals surface area contributed by atoms with Crippen molar-refractivity contribution in [1.29, 1.82) is 0 Å². The minimum atomic E-state index is -0.915. The lowest BCUT2D eigenvalue weighted by Crippen LogP contribution is -2.23. The first-order valence-electron chi connectivity index (χ1n) is 8.42. The highest BCUT2D eigenvalue weighted by Gasteiger charge is 2.11. The van der Waals surface area contributed by atoms with Gasteiger partial charge < -0.3 is 10.2 Å². The molecular weight excluding hydrogens is 334 g/mol. The van der Waals surface area contributed by atoms with Crippen molar-refractivity contribution < 1.29 is 8.78 Å². The van der Waals surface area contributed by atoms with Gasteiger partial charge in [0.1, 0.15) is 5.82 Å². The van der Waals surface area contributed by atoms with Crippen LogP contribution in [0.15, 0.2) is 54.6 Å². The van der Waals surface area contributed by atoms with Crippen molar-refractivity contribution in [2.24, 2.45) is 0 Å². The Kier molecular flexibility index (Phi) is 5.41. The second-order valence-corrected chi connectivity index (χ2v) is 5.94. The third-order valence-electron chi connectivity index (χ3n) is 3.94. The SMILES string of the molecule is CCN(Cc1ccccc1)c1cc(C)nc(Nc2ccc(F)c(F)c2)n1. The monoisotopic (exact) mass is 354 g/mol. The molecule has 0 aliphatic heterocycles. The van der Waals surface area contributed by atoms with Crippen LogP contribution in [0.5, 0.6) is 0 Å². The molecule has 0 fully saturated rings. The summed E-state index contributed by atoms with van der Waals surface area (Å²) in [5.41, 5.74) is 2.36. The predicted octanol–water partition coefficient (Wildman–Crippen LogP) is 4.83. The molecule has 0 spiro atoms. The number of aryl methyl sites for hydroxylation is 1. The number of nitrogens with one attached hydrogen (secondary N) is 1. The van der Waals surface area contributed by atoms with Gasteiger partial charge in [0.15, 0.2) is 11.6 Å². The molecule has 3 aromatic rings. The van der Waals surface area contributed by atoms with Crippen molar-refractivity contribution >= 4 is 17.5 Å². The van der Waals surface area contributed by atoms with Crippen LogP contribution < -0.4 is 10.2 Å². The summed E-state index contributed by atoms with van der Waals surface area (Å²) >= 11 is 0. The third kappa shape index (κ3) is 4.33. The molecule has 0 saturated heterocycles. The maximum atomic E-state index is 13.4. The van der Waals surface area contributed by atoms with Gasteiger partial charge in [-0.2, -0.15) is 4.98 Å². The molecule has 1 heterocycles. The van der Waals surface area contributed by atoms with Gasteiger partial charge >= 0.3 is 0 Å². The Labute approximate surface area is 151 Å². The van der Waals surface area contributed by atoms with Crippen molar-refractivity contribution in [3.63, 3.8) is 0 Å². The Morgan fingerprint density at radius 2 is 1.73 bits per heavy atom. The first-order valence-corrected chi connectivity index (χ1v) is 8.42. The van der Waals surface area contributed by atoms with Gasteiger partial charge in [-0.05, 0) is 31.5 Å². The van der Waals surface area contributed by atoms with Crippen molar-refractivity contribution in [2.75, 3.05) is 16.8 Å². The Morgan fingerprint density at radius 3 is 2.42 bits per heavy atom. The molecule has 0 atom stereocenters. The highest BCUT2D eigenvalue weighted by molar-refractivity contribution is 5.56. The highest BCUT2D eigenvalue weighted by Crippen LogP contribution is 2.21. The van der Waals surface area contributed by atoms with E-state index in [9.17, 15) is 8.78 Å². The number of hydrogen-bond donors (Lipinski definition) is 1. The average Bonchev–Trinajstić information content (AvgIpc) is 2.63. The molecule has 3 rings (SSSR count). The largest absolute Gasteiger partial charge is 0.352 e. The Morgan fingerprint density at radius 1 is 0.962 bits per heavy atom. The fourth-order valence-corrected chi connectivity index (χ4v) is 2.63. The maximum absolute atomic E-state index is 13.4. The van der Waals surface area contributed by atoms with E-state index in [0.29, 0.717) is 11.6 Å². The van der Waals surface area contributed by atoms with Gasteiger partial charge in [-0.25, -0.2) is 13.8 Å². The van der Waals surface area contributed by atoms with Crippen molar-refractivity contribution in [3.8, 4) is 0 Å². The fraction of sp³-hybridized carbons (Fsp3) is 0.200. The highest BCUT2D eigenvalue weighted by atomic mass is 19.2. The summed E-state index contributed by atoms with van der Waals surface area (Å²) in [7, 11) is 0. The lowest BCUT2D eigenvalue weighted by Gasteiger charge is -2.23. The number of hydrogen-bond acceptors (Lipinski definition) is 4. The fourth-order valence-electron chi connectivity index (χ4n) is 2.63. The number of nitrogens with zero attached hydrogens (tertiary/aromatic N) is 3. The van der Waals surface area contributed by atoms with E-state index in [1.54, 1.807) is 0 Å². The standard InChI is InChI=1S/C20H20F2N4/c1-3-26(13-15-7-5-4-6-8-15)19-11-14(2)23-20(25-19)24-16-9-10-17(21)18(22)12-16/h4-12H,3,13H2,1-2H3,(H,23,24,25). The van der Waals surface area contributed by atoms with Crippen LogP contribution in [0.3, 0.4) is 0 Å². The Hall–Kier alpha value is -3.02. The van der Waals surface area contributed by atoms with E-state index in [2.05, 4.69) is 39.2 Å². The molecule has 6 heteroatoms. The van der Waals surface area contributed by atoms with Gasteiger partial charge in [0.05, 0.1) is 0 Å². The molecule has 0 aliphatic carbocycles. The summed E-state index contributed by atoms with van der Waals surface area (Å²) < 4.78 is 26.5. The molecule has 26 heavy (non-hydrogen) atoms. The predicted molar refractivity (Wildman–Crippen MR) is 99.6 cm³/mol. The Bertz CT molecular complexity index is 884. The second-order valence-electron chi connectivity index (χ2n) is 5.94. The molecule has 0 saturated carbocycles. The van der Waals surface area contributed by atoms with E-state index >= 15 is 0 Å². The zero-order valence-corrected chi connectivity index (χ0v) is 14.7. The van der Waals surface area contributed by atoms with Crippen molar-refractivity contribution in [3.05, 3.63) is 77.5 Å². The number of benzene rings is 2. The summed E-state index contributed by atoms with van der Waals surface area (Å²) in [6, 6.07) is 15.6. The van der Waals surface area contributed by atoms with Crippen LogP contribution in [0.2, 0.25) is 0 Å². The van der Waals surface area contributed by atoms with E-state index in [0.717, 1.165) is 36.7 Å². The summed E-state index contributed by atoms with van der Waals surface area (Å²) in [4.78, 5) is 11.0. The zero-order chi connectivity index (χ0) is 18.5. The van der Waals surface area contributed by atoms with Crippen LogP contribution in [0.25, 0.3) is 0 Å². The van der Waals surface area contributed by atoms with E-state index in [4.69, 9.17) is 0 Å². The van der Waals surface area contributed by atoms with E-state index in [-0.39, 0.29) is 0 Å². The number of rotatable bonds is 6. The van der Waals surface area contributed by atoms with Crippen LogP contribution in [-0.2, 0) is 6.54 Å². The van der Waals surface area contributed by atoms with Crippen molar-refractivity contribution in [1.82, 2.24) is 9.97 Å². The van der Waals surface area contributed by atoms with E-state index in [1.807, 2.05) is 31.2 Å². The minimum absolute atomic E-state index is 0.345. The molecule has 1 aromatic heterocycles. The van der Waals surface area contributed by atoms with Gasteiger partial charge in [0.25, 0.3) is 0 Å². The van der Waals surface area contributed by atoms with Gasteiger partial charge in [-0.1, -0.05) is 30.3 Å². The molecule has 1 N–H and O–H groups in total. The molecule has 0 radical (unpaired) electrons. The molecule has 0 unspecified atom stereocenters. The summed E-state index contributed by atoms with van der Waals surface area (Å²) in [6.07, 6.45) is 0. The lowest BCUT2D eigenvalue weighted by molar-refractivity contribution is 0.509. The molecule has 0 amide bonds. The summed E-state index contributed by atoms with van der Waals surface area (Å²) in [5, 5.41) is 2.94. The Balaban J connectivity index is 1.84. The van der Waals surface area contributed by atoms with Crippen LogP contribution in [0, 0.1) is 18.6 Å². The molecule has 0 aliphatic rings. The summed E-state index contributed by atoms with van der Waals surface area (Å²) in [6.45, 7) is 5.43. The van der Waals surface area contributed by atoms with Gasteiger partial charge in [-0.3, -0.25) is 0 Å². The first-order chi connectivity index (χ1) is 12.5. The second kappa shape index (κ2) is 7.91. The molecular formula is C20H20F2N4. The number of anilines is 3. The third-order valence-corrected chi connectivity index (χ3v) is 3.94. The average molecular weight is 354 g/mol. The molecule has 2 aromatic carbocycles. The minimum Gasteiger partial charge on any atom is -0.352 e. The topological polar surface area (TPSA) is 41.1 Å². The molecule has 0 bridgehead atoms. The van der Waals surface area contributed by atoms with Crippen LogP contribution >= 0.6 is 0 Å². The zero-order valence-electron chi connectivity index (χ0n) is 14.7. The van der Waals surface area contributed by atoms with Crippen LogP contribution in [-0.4, -0.2) is 16.5 Å².